The molecule has 1 atom stereocenters. The zero-order valence-electron chi connectivity index (χ0n) is 25.2. The van der Waals surface area contributed by atoms with Crippen molar-refractivity contribution < 1.29 is 14.6 Å². The fourth-order valence-corrected chi connectivity index (χ4v) is 6.01. The number of para-hydroxylation sites is 1. The van der Waals surface area contributed by atoms with Crippen molar-refractivity contribution in [3.63, 3.8) is 0 Å². The molecule has 6 rings (SSSR count). The van der Waals surface area contributed by atoms with E-state index >= 15 is 0 Å². The summed E-state index contributed by atoms with van der Waals surface area (Å²) in [5.41, 5.74) is 9.88. The molecule has 0 bridgehead atoms. The molecule has 0 saturated carbocycles. The van der Waals surface area contributed by atoms with Crippen LogP contribution in [0.4, 0.5) is 11.4 Å². The number of carboxylic acids is 1. The van der Waals surface area contributed by atoms with Gasteiger partial charge < -0.3 is 14.7 Å². The molecule has 1 aliphatic heterocycles. The van der Waals surface area contributed by atoms with Crippen LogP contribution < -0.4 is 4.90 Å². The highest BCUT2D eigenvalue weighted by Crippen LogP contribution is 2.37. The highest BCUT2D eigenvalue weighted by Gasteiger charge is 2.20. The number of aromatic nitrogens is 2. The molecule has 1 N–H and O–H groups in total. The largest absolute Gasteiger partial charge is 0.478 e. The molecular weight excluding hydrogens is 546 g/mol. The molecule has 0 spiro atoms. The Bertz CT molecular complexity index is 1800. The summed E-state index contributed by atoms with van der Waals surface area (Å²) in [4.78, 5) is 13.2. The maximum atomic E-state index is 11.1. The fourth-order valence-electron chi connectivity index (χ4n) is 6.01. The van der Waals surface area contributed by atoms with Crippen LogP contribution in [0.15, 0.2) is 109 Å². The molecule has 1 unspecified atom stereocenters. The lowest BCUT2D eigenvalue weighted by molar-refractivity contribution is -0.131. The number of carbonyl (C=O) groups is 1. The van der Waals surface area contributed by atoms with Crippen molar-refractivity contribution in [3.05, 3.63) is 132 Å². The van der Waals surface area contributed by atoms with Crippen molar-refractivity contribution in [3.8, 4) is 0 Å². The molecule has 2 heterocycles. The van der Waals surface area contributed by atoms with E-state index in [1.807, 2.05) is 29.1 Å². The van der Waals surface area contributed by atoms with Crippen molar-refractivity contribution in [2.75, 3.05) is 18.6 Å². The van der Waals surface area contributed by atoms with E-state index in [-0.39, 0.29) is 6.23 Å². The zero-order chi connectivity index (χ0) is 30.5. The first-order valence-corrected chi connectivity index (χ1v) is 15.2. The van der Waals surface area contributed by atoms with Crippen molar-refractivity contribution >= 4 is 45.5 Å². The average molecular weight is 584 g/mol. The Balaban J connectivity index is 1.43. The number of benzene rings is 4. The number of hydrogen-bond donors (Lipinski definition) is 1. The van der Waals surface area contributed by atoms with Gasteiger partial charge in [0.2, 0.25) is 0 Å². The van der Waals surface area contributed by atoms with Crippen molar-refractivity contribution in [1.29, 1.82) is 0 Å². The lowest BCUT2D eigenvalue weighted by Gasteiger charge is -2.23. The number of anilines is 2. The Morgan fingerprint density at radius 3 is 2.32 bits per heavy atom. The van der Waals surface area contributed by atoms with Crippen LogP contribution in [-0.2, 0) is 9.53 Å². The summed E-state index contributed by atoms with van der Waals surface area (Å²) in [6.07, 6.45) is 8.75. The van der Waals surface area contributed by atoms with Crippen LogP contribution in [0.5, 0.6) is 0 Å². The number of nitrogens with zero attached hydrogens (tertiary/aromatic N) is 3. The summed E-state index contributed by atoms with van der Waals surface area (Å²) < 4.78 is 8.06. The minimum atomic E-state index is -0.961. The number of fused-ring (bicyclic) bond motifs is 1. The number of allylic oxidation sites excluding steroid dienone is 1. The third kappa shape index (κ3) is 6.21. The smallest absolute Gasteiger partial charge is 0.328 e. The number of aliphatic carboxylic acids is 1. The average Bonchev–Trinajstić information content (AvgIpc) is 3.50. The van der Waals surface area contributed by atoms with Crippen LogP contribution in [0.1, 0.15) is 61.1 Å². The van der Waals surface area contributed by atoms with Gasteiger partial charge >= 0.3 is 5.97 Å². The van der Waals surface area contributed by atoms with Crippen molar-refractivity contribution in [1.82, 2.24) is 9.78 Å². The highest BCUT2D eigenvalue weighted by atomic mass is 16.5. The normalized spacial score (nSPS) is 15.8. The molecule has 6 nitrogen and oxygen atoms in total. The molecule has 4 aromatic carbocycles. The Labute approximate surface area is 258 Å². The minimum Gasteiger partial charge on any atom is -0.478 e. The predicted octanol–water partition coefficient (Wildman–Crippen LogP) is 8.97. The first-order chi connectivity index (χ1) is 21.5. The second-order valence-electron chi connectivity index (χ2n) is 11.1. The van der Waals surface area contributed by atoms with Gasteiger partial charge in [-0.25, -0.2) is 9.48 Å². The summed E-state index contributed by atoms with van der Waals surface area (Å²) >= 11 is 0. The number of rotatable bonds is 9. The number of ether oxygens (including phenoxy) is 1. The second kappa shape index (κ2) is 13.1. The van der Waals surface area contributed by atoms with Crippen LogP contribution in [0, 0.1) is 0 Å². The van der Waals surface area contributed by atoms with E-state index in [0.29, 0.717) is 0 Å². The number of hydrogen-bond acceptors (Lipinski definition) is 4. The van der Waals surface area contributed by atoms with Gasteiger partial charge in [0.1, 0.15) is 0 Å². The first-order valence-electron chi connectivity index (χ1n) is 15.2. The molecule has 1 aliphatic rings. The molecule has 1 fully saturated rings. The van der Waals surface area contributed by atoms with Crippen LogP contribution in [0.25, 0.3) is 28.1 Å². The van der Waals surface area contributed by atoms with Gasteiger partial charge in [0.05, 0.1) is 11.7 Å². The third-order valence-electron chi connectivity index (χ3n) is 8.33. The molecular formula is C38H37N3O3. The molecule has 0 aliphatic carbocycles. The Morgan fingerprint density at radius 2 is 1.64 bits per heavy atom. The van der Waals surface area contributed by atoms with E-state index in [2.05, 4.69) is 97.7 Å². The van der Waals surface area contributed by atoms with E-state index < -0.39 is 5.97 Å². The van der Waals surface area contributed by atoms with E-state index in [0.717, 1.165) is 82.4 Å². The summed E-state index contributed by atoms with van der Waals surface area (Å²) in [6.45, 7) is 2.97. The van der Waals surface area contributed by atoms with Gasteiger partial charge in [-0.15, -0.1) is 0 Å². The van der Waals surface area contributed by atoms with E-state index in [1.165, 1.54) is 11.6 Å². The second-order valence-corrected chi connectivity index (χ2v) is 11.1. The Kier molecular flexibility index (Phi) is 8.71. The topological polar surface area (TPSA) is 67.6 Å². The monoisotopic (exact) mass is 583 g/mol. The van der Waals surface area contributed by atoms with Crippen LogP contribution >= 0.6 is 0 Å². The van der Waals surface area contributed by atoms with E-state index in [4.69, 9.17) is 14.9 Å². The molecule has 1 aromatic heterocycles. The molecule has 44 heavy (non-hydrogen) atoms. The maximum Gasteiger partial charge on any atom is 0.328 e. The van der Waals surface area contributed by atoms with Crippen molar-refractivity contribution in [2.45, 2.75) is 38.8 Å². The standard InChI is InChI=1S/C38H37N3O3/c1-3-34(28-17-20-33(21-18-28)40(2)32-9-5-4-6-10-32)38(29-15-12-27(13-16-29)14-23-37(42)43)30-19-22-35-31(25-30)26-39-41(35)36-11-7-8-24-44-36/h4-6,9-10,12-23,25-26,36H,3,7-8,11,24H2,1-2H3,(H,42,43)/b23-14?,38-34-. The highest BCUT2D eigenvalue weighted by molar-refractivity contribution is 6.00. The van der Waals surface area contributed by atoms with Crippen LogP contribution in [0.3, 0.4) is 0 Å². The zero-order valence-corrected chi connectivity index (χ0v) is 25.2. The summed E-state index contributed by atoms with van der Waals surface area (Å²) in [5.74, 6) is -0.961. The van der Waals surface area contributed by atoms with Gasteiger partial charge in [-0.05, 0) is 102 Å². The molecule has 0 amide bonds. The van der Waals surface area contributed by atoms with Gasteiger partial charge in [0, 0.05) is 36.5 Å². The van der Waals surface area contributed by atoms with E-state index in [9.17, 15) is 4.79 Å². The lowest BCUT2D eigenvalue weighted by Crippen LogP contribution is -2.18. The Morgan fingerprint density at radius 1 is 0.932 bits per heavy atom. The number of carboxylic acid groups (broad SMARTS) is 1. The predicted molar refractivity (Wildman–Crippen MR) is 179 cm³/mol. The van der Waals surface area contributed by atoms with Gasteiger partial charge in [-0.1, -0.05) is 67.6 Å². The third-order valence-corrected chi connectivity index (χ3v) is 8.33. The van der Waals surface area contributed by atoms with Gasteiger partial charge in [0.15, 0.2) is 6.23 Å². The molecule has 1 saturated heterocycles. The van der Waals surface area contributed by atoms with Gasteiger partial charge in [-0.2, -0.15) is 5.10 Å². The molecule has 0 radical (unpaired) electrons. The van der Waals surface area contributed by atoms with Gasteiger partial charge in [-0.3, -0.25) is 0 Å². The van der Waals surface area contributed by atoms with E-state index in [1.54, 1.807) is 6.08 Å². The summed E-state index contributed by atoms with van der Waals surface area (Å²) in [5, 5.41) is 14.9. The lowest BCUT2D eigenvalue weighted by atomic mass is 9.87. The maximum absolute atomic E-state index is 11.1. The minimum absolute atomic E-state index is 0.0211. The van der Waals surface area contributed by atoms with Crippen LogP contribution in [0.2, 0.25) is 0 Å². The Hall–Kier alpha value is -4.94. The summed E-state index contributed by atoms with van der Waals surface area (Å²) in [6, 6.07) is 33.8. The fraction of sp³-hybridized carbons (Fsp3) is 0.211. The molecule has 5 aromatic rings. The van der Waals surface area contributed by atoms with Gasteiger partial charge in [0.25, 0.3) is 0 Å². The molecule has 222 valence electrons. The molecule has 6 heteroatoms. The van der Waals surface area contributed by atoms with Crippen LogP contribution in [-0.4, -0.2) is 34.5 Å². The SMILES string of the molecule is CC/C(=C(\c1ccc(C=CC(=O)O)cc1)c1ccc2c(cnn2C2CCCCO2)c1)c1ccc(N(C)c2ccccc2)cc1. The quantitative estimate of drug-likeness (QED) is 0.139. The summed E-state index contributed by atoms with van der Waals surface area (Å²) in [7, 11) is 2.08. The first kappa shape index (κ1) is 29.1. The van der Waals surface area contributed by atoms with Crippen molar-refractivity contribution in [2.24, 2.45) is 0 Å².